The minimum absolute atomic E-state index is 0.0570. The Labute approximate surface area is 141 Å². The zero-order valence-electron chi connectivity index (χ0n) is 13.9. The topological polar surface area (TPSA) is 59.2 Å². The highest BCUT2D eigenvalue weighted by atomic mass is 32.1. The summed E-state index contributed by atoms with van der Waals surface area (Å²) in [7, 11) is 0. The molecule has 0 unspecified atom stereocenters. The van der Waals surface area contributed by atoms with E-state index in [2.05, 4.69) is 18.8 Å². The normalized spacial score (nSPS) is 14.2. The van der Waals surface area contributed by atoms with Crippen molar-refractivity contribution in [2.75, 3.05) is 17.2 Å². The van der Waals surface area contributed by atoms with E-state index in [4.69, 9.17) is 5.73 Å². The lowest BCUT2D eigenvalue weighted by Gasteiger charge is -2.30. The molecule has 1 aromatic heterocycles. The lowest BCUT2D eigenvalue weighted by molar-refractivity contribution is 0.0988. The van der Waals surface area contributed by atoms with Gasteiger partial charge in [0.25, 0.3) is 5.91 Å². The first-order valence-electron chi connectivity index (χ1n) is 8.13. The Morgan fingerprint density at radius 3 is 2.96 bits per heavy atom. The number of anilines is 2. The van der Waals surface area contributed by atoms with Gasteiger partial charge in [0.2, 0.25) is 0 Å². The number of nitrogen functional groups attached to an aromatic ring is 1. The SMILES string of the molecule is Cc1nc(CC(C)C)sc1C(=O)N1CCCc2c(N)cccc21. The predicted octanol–water partition coefficient (Wildman–Crippen LogP) is 3.83. The summed E-state index contributed by atoms with van der Waals surface area (Å²) in [6.07, 6.45) is 2.80. The Bertz CT molecular complexity index is 736. The fraction of sp³-hybridized carbons (Fsp3) is 0.444. The van der Waals surface area contributed by atoms with E-state index in [0.29, 0.717) is 5.92 Å². The van der Waals surface area contributed by atoms with Crippen LogP contribution in [-0.4, -0.2) is 17.4 Å². The van der Waals surface area contributed by atoms with Crippen molar-refractivity contribution < 1.29 is 4.79 Å². The maximum Gasteiger partial charge on any atom is 0.270 e. The van der Waals surface area contributed by atoms with Crippen LogP contribution in [0.25, 0.3) is 0 Å². The van der Waals surface area contributed by atoms with E-state index >= 15 is 0 Å². The number of nitrogens with two attached hydrogens (primary N) is 1. The number of carbonyl (C=O) groups excluding carboxylic acids is 1. The molecule has 122 valence electrons. The Hall–Kier alpha value is -1.88. The van der Waals surface area contributed by atoms with E-state index in [1.54, 1.807) is 0 Å². The standard InChI is InChI=1S/C18H23N3OS/c1-11(2)10-16-20-12(3)17(23-16)18(22)21-9-5-6-13-14(19)7-4-8-15(13)21/h4,7-8,11H,5-6,9-10,19H2,1-3H3. The monoisotopic (exact) mass is 329 g/mol. The summed E-state index contributed by atoms with van der Waals surface area (Å²) in [5.74, 6) is 0.598. The molecule has 1 aromatic carbocycles. The highest BCUT2D eigenvalue weighted by Crippen LogP contribution is 2.33. The first-order valence-corrected chi connectivity index (χ1v) is 8.94. The first kappa shape index (κ1) is 16.0. The Kier molecular flexibility index (Phi) is 4.39. The second-order valence-electron chi connectivity index (χ2n) is 6.53. The van der Waals surface area contributed by atoms with Crippen LogP contribution >= 0.6 is 11.3 Å². The quantitative estimate of drug-likeness (QED) is 0.871. The second-order valence-corrected chi connectivity index (χ2v) is 7.61. The minimum Gasteiger partial charge on any atom is -0.398 e. The zero-order chi connectivity index (χ0) is 16.6. The average Bonchev–Trinajstić information content (AvgIpc) is 2.86. The van der Waals surface area contributed by atoms with Crippen molar-refractivity contribution in [2.24, 2.45) is 5.92 Å². The molecule has 1 amide bonds. The Morgan fingerprint density at radius 2 is 2.22 bits per heavy atom. The van der Waals surface area contributed by atoms with Crippen molar-refractivity contribution in [3.63, 3.8) is 0 Å². The van der Waals surface area contributed by atoms with E-state index < -0.39 is 0 Å². The molecule has 1 aliphatic rings. The lowest BCUT2D eigenvalue weighted by atomic mass is 9.99. The summed E-state index contributed by atoms with van der Waals surface area (Å²) < 4.78 is 0. The number of hydrogen-bond acceptors (Lipinski definition) is 4. The fourth-order valence-corrected chi connectivity index (χ4v) is 4.30. The molecule has 2 heterocycles. The van der Waals surface area contributed by atoms with Crippen molar-refractivity contribution in [3.8, 4) is 0 Å². The molecule has 0 saturated carbocycles. The Balaban J connectivity index is 1.93. The largest absolute Gasteiger partial charge is 0.398 e. The molecular formula is C18H23N3OS. The highest BCUT2D eigenvalue weighted by molar-refractivity contribution is 7.14. The van der Waals surface area contributed by atoms with E-state index in [0.717, 1.165) is 58.3 Å². The van der Waals surface area contributed by atoms with E-state index in [1.165, 1.54) is 11.3 Å². The van der Waals surface area contributed by atoms with Gasteiger partial charge in [0.1, 0.15) is 4.88 Å². The number of amides is 1. The third kappa shape index (κ3) is 3.11. The summed E-state index contributed by atoms with van der Waals surface area (Å²) >= 11 is 1.53. The molecule has 0 bridgehead atoms. The number of nitrogens with zero attached hydrogens (tertiary/aromatic N) is 2. The fourth-order valence-electron chi connectivity index (χ4n) is 3.07. The number of carbonyl (C=O) groups is 1. The number of fused-ring (bicyclic) bond motifs is 1. The van der Waals surface area contributed by atoms with Crippen LogP contribution in [0.5, 0.6) is 0 Å². The van der Waals surface area contributed by atoms with Gasteiger partial charge in [0.15, 0.2) is 0 Å². The number of aryl methyl sites for hydroxylation is 1. The van der Waals surface area contributed by atoms with Gasteiger partial charge in [-0.2, -0.15) is 0 Å². The molecule has 2 N–H and O–H groups in total. The molecular weight excluding hydrogens is 306 g/mol. The third-order valence-electron chi connectivity index (χ3n) is 4.15. The summed E-state index contributed by atoms with van der Waals surface area (Å²) in [4.78, 5) is 20.3. The molecule has 0 spiro atoms. The van der Waals surface area contributed by atoms with Crippen LogP contribution < -0.4 is 10.6 Å². The van der Waals surface area contributed by atoms with Crippen molar-refractivity contribution >= 4 is 28.6 Å². The van der Waals surface area contributed by atoms with Crippen molar-refractivity contribution in [1.82, 2.24) is 4.98 Å². The minimum atomic E-state index is 0.0570. The summed E-state index contributed by atoms with van der Waals surface area (Å²) in [5.41, 5.74) is 9.75. The van der Waals surface area contributed by atoms with Crippen LogP contribution in [-0.2, 0) is 12.8 Å². The number of rotatable bonds is 3. The van der Waals surface area contributed by atoms with Gasteiger partial charge < -0.3 is 10.6 Å². The molecule has 0 radical (unpaired) electrons. The summed E-state index contributed by atoms with van der Waals surface area (Å²) in [5, 5.41) is 1.05. The summed E-state index contributed by atoms with van der Waals surface area (Å²) in [6, 6.07) is 5.82. The molecule has 3 rings (SSSR count). The zero-order valence-corrected chi connectivity index (χ0v) is 14.7. The molecule has 0 saturated heterocycles. The molecule has 23 heavy (non-hydrogen) atoms. The van der Waals surface area contributed by atoms with Crippen LogP contribution in [0.2, 0.25) is 0 Å². The van der Waals surface area contributed by atoms with Gasteiger partial charge in [0, 0.05) is 24.3 Å². The average molecular weight is 329 g/mol. The Morgan fingerprint density at radius 1 is 1.43 bits per heavy atom. The maximum atomic E-state index is 13.0. The first-order chi connectivity index (χ1) is 11.0. The molecule has 4 nitrogen and oxygen atoms in total. The smallest absolute Gasteiger partial charge is 0.270 e. The van der Waals surface area contributed by atoms with Crippen molar-refractivity contribution in [1.29, 1.82) is 0 Å². The van der Waals surface area contributed by atoms with Gasteiger partial charge >= 0.3 is 0 Å². The van der Waals surface area contributed by atoms with Gasteiger partial charge in [-0.25, -0.2) is 4.98 Å². The number of thiazole rings is 1. The maximum absolute atomic E-state index is 13.0. The molecule has 2 aromatic rings. The van der Waals surface area contributed by atoms with Crippen LogP contribution in [0, 0.1) is 12.8 Å². The van der Waals surface area contributed by atoms with Crippen LogP contribution in [0.4, 0.5) is 11.4 Å². The molecule has 1 aliphatic heterocycles. The molecule has 0 fully saturated rings. The second kappa shape index (κ2) is 6.32. The van der Waals surface area contributed by atoms with Crippen molar-refractivity contribution in [3.05, 3.63) is 39.3 Å². The van der Waals surface area contributed by atoms with Crippen LogP contribution in [0.1, 0.15) is 46.2 Å². The van der Waals surface area contributed by atoms with Gasteiger partial charge in [-0.15, -0.1) is 11.3 Å². The van der Waals surface area contributed by atoms with Crippen LogP contribution in [0.15, 0.2) is 18.2 Å². The number of hydrogen-bond donors (Lipinski definition) is 1. The molecule has 5 heteroatoms. The van der Waals surface area contributed by atoms with Crippen molar-refractivity contribution in [2.45, 2.75) is 40.0 Å². The highest BCUT2D eigenvalue weighted by Gasteiger charge is 2.27. The van der Waals surface area contributed by atoms with Gasteiger partial charge in [-0.3, -0.25) is 4.79 Å². The number of benzene rings is 1. The van der Waals surface area contributed by atoms with Crippen LogP contribution in [0.3, 0.4) is 0 Å². The third-order valence-corrected chi connectivity index (χ3v) is 5.32. The molecule has 0 atom stereocenters. The van der Waals surface area contributed by atoms with E-state index in [9.17, 15) is 4.79 Å². The molecule has 0 aliphatic carbocycles. The van der Waals surface area contributed by atoms with Gasteiger partial charge in [-0.05, 0) is 43.4 Å². The lowest BCUT2D eigenvalue weighted by Crippen LogP contribution is -2.35. The van der Waals surface area contributed by atoms with Gasteiger partial charge in [0.05, 0.1) is 10.7 Å². The predicted molar refractivity (Wildman–Crippen MR) is 96.2 cm³/mol. The van der Waals surface area contributed by atoms with E-state index in [1.807, 2.05) is 30.0 Å². The summed E-state index contributed by atoms with van der Waals surface area (Å²) in [6.45, 7) is 7.01. The van der Waals surface area contributed by atoms with Gasteiger partial charge in [-0.1, -0.05) is 19.9 Å². The number of aromatic nitrogens is 1. The van der Waals surface area contributed by atoms with E-state index in [-0.39, 0.29) is 5.91 Å².